The average molecular weight is 481 g/mol. The highest BCUT2D eigenvalue weighted by atomic mass is 32.2. The van der Waals surface area contributed by atoms with Crippen LogP contribution in [-0.2, 0) is 16.8 Å². The number of carbonyl (C=O) groups is 1. The van der Waals surface area contributed by atoms with E-state index < -0.39 is 10.2 Å². The van der Waals surface area contributed by atoms with E-state index in [-0.39, 0.29) is 12.5 Å². The van der Waals surface area contributed by atoms with Crippen molar-refractivity contribution in [2.45, 2.75) is 6.54 Å². The van der Waals surface area contributed by atoms with Crippen LogP contribution in [0, 0.1) is 0 Å². The van der Waals surface area contributed by atoms with E-state index in [0.717, 1.165) is 17.0 Å². The summed E-state index contributed by atoms with van der Waals surface area (Å²) in [7, 11) is -2.08. The second-order valence-electron chi connectivity index (χ2n) is 7.94. The van der Waals surface area contributed by atoms with E-state index in [1.54, 1.807) is 31.4 Å². The first-order valence-corrected chi connectivity index (χ1v) is 12.5. The number of nitrogens with one attached hydrogen (secondary N) is 2. The molecule has 0 atom stereocenters. The molecule has 1 heterocycles. The predicted octanol–water partition coefficient (Wildman–Crippen LogP) is 3.10. The van der Waals surface area contributed by atoms with Crippen LogP contribution in [0.1, 0.15) is 15.9 Å². The minimum absolute atomic E-state index is 0.0729. The minimum Gasteiger partial charge on any atom is -0.495 e. The van der Waals surface area contributed by atoms with Crippen LogP contribution in [0.5, 0.6) is 5.75 Å². The van der Waals surface area contributed by atoms with Crippen LogP contribution < -0.4 is 19.1 Å². The maximum absolute atomic E-state index is 13.0. The first kappa shape index (κ1) is 23.6. The lowest BCUT2D eigenvalue weighted by atomic mass is 10.1. The first-order chi connectivity index (χ1) is 16.4. The van der Waals surface area contributed by atoms with Crippen molar-refractivity contribution in [2.24, 2.45) is 0 Å². The molecule has 0 radical (unpaired) electrons. The van der Waals surface area contributed by atoms with Crippen LogP contribution >= 0.6 is 0 Å². The number of nitrogens with zero attached hydrogens (tertiary/aromatic N) is 2. The van der Waals surface area contributed by atoms with Gasteiger partial charge < -0.3 is 14.5 Å². The van der Waals surface area contributed by atoms with Gasteiger partial charge in [-0.3, -0.25) is 9.52 Å². The Kier molecular flexibility index (Phi) is 7.34. The predicted molar refractivity (Wildman–Crippen MR) is 133 cm³/mol. The van der Waals surface area contributed by atoms with Crippen molar-refractivity contribution in [1.29, 1.82) is 0 Å². The van der Waals surface area contributed by atoms with Gasteiger partial charge in [-0.15, -0.1) is 0 Å². The third kappa shape index (κ3) is 5.86. The Morgan fingerprint density at radius 2 is 1.53 bits per heavy atom. The van der Waals surface area contributed by atoms with Crippen molar-refractivity contribution in [2.75, 3.05) is 42.9 Å². The minimum atomic E-state index is -3.74. The van der Waals surface area contributed by atoms with Gasteiger partial charge in [0, 0.05) is 44.0 Å². The van der Waals surface area contributed by atoms with E-state index in [2.05, 4.69) is 14.3 Å². The van der Waals surface area contributed by atoms with Gasteiger partial charge in [0.25, 0.3) is 16.1 Å². The Balaban J connectivity index is 1.32. The number of benzene rings is 3. The third-order valence-corrected chi connectivity index (χ3v) is 6.71. The molecule has 3 aromatic carbocycles. The zero-order valence-corrected chi connectivity index (χ0v) is 19.8. The summed E-state index contributed by atoms with van der Waals surface area (Å²) >= 11 is 0. The van der Waals surface area contributed by atoms with E-state index in [4.69, 9.17) is 4.74 Å². The van der Waals surface area contributed by atoms with Crippen molar-refractivity contribution < 1.29 is 17.9 Å². The van der Waals surface area contributed by atoms with Crippen molar-refractivity contribution in [3.05, 3.63) is 90.0 Å². The Bertz CT molecular complexity index is 1210. The number of piperazine rings is 1. The summed E-state index contributed by atoms with van der Waals surface area (Å²) in [6.45, 7) is 2.78. The van der Waals surface area contributed by atoms with E-state index in [9.17, 15) is 13.2 Å². The molecule has 0 saturated carbocycles. The van der Waals surface area contributed by atoms with Gasteiger partial charge in [-0.25, -0.2) is 0 Å². The fourth-order valence-corrected chi connectivity index (χ4v) is 4.75. The van der Waals surface area contributed by atoms with E-state index in [1.807, 2.05) is 59.5 Å². The molecule has 0 spiro atoms. The molecule has 3 aromatic rings. The summed E-state index contributed by atoms with van der Waals surface area (Å²) in [5.41, 5.74) is 2.79. The monoisotopic (exact) mass is 480 g/mol. The maximum atomic E-state index is 13.0. The van der Waals surface area contributed by atoms with Gasteiger partial charge >= 0.3 is 0 Å². The lowest BCUT2D eigenvalue weighted by molar-refractivity contribution is 0.0746. The number of para-hydroxylation sites is 2. The van der Waals surface area contributed by atoms with Crippen molar-refractivity contribution in [3.8, 4) is 5.75 Å². The highest BCUT2D eigenvalue weighted by Crippen LogP contribution is 2.28. The lowest BCUT2D eigenvalue weighted by Crippen LogP contribution is -2.48. The maximum Gasteiger partial charge on any atom is 0.299 e. The van der Waals surface area contributed by atoms with E-state index in [1.165, 1.54) is 0 Å². The standard InChI is InChI=1S/C25H28N4O4S/c1-33-24-10-6-5-9-23(24)28-15-17-29(18-16-28)25(30)21-11-13-22(14-12-21)27-34(31,32)26-19-20-7-3-2-4-8-20/h2-14,26-27H,15-19H2,1H3. The summed E-state index contributed by atoms with van der Waals surface area (Å²) in [6, 6.07) is 23.6. The van der Waals surface area contributed by atoms with Crippen molar-refractivity contribution in [3.63, 3.8) is 0 Å². The molecule has 0 unspecified atom stereocenters. The Hall–Kier alpha value is -3.56. The molecule has 1 saturated heterocycles. The van der Waals surface area contributed by atoms with Crippen LogP contribution in [0.25, 0.3) is 0 Å². The molecule has 34 heavy (non-hydrogen) atoms. The SMILES string of the molecule is COc1ccccc1N1CCN(C(=O)c2ccc(NS(=O)(=O)NCc3ccccc3)cc2)CC1. The van der Waals surface area contributed by atoms with Crippen LogP contribution in [0.3, 0.4) is 0 Å². The van der Waals surface area contributed by atoms with Gasteiger partial charge in [0.1, 0.15) is 5.75 Å². The number of hydrogen-bond donors (Lipinski definition) is 2. The lowest BCUT2D eigenvalue weighted by Gasteiger charge is -2.36. The average Bonchev–Trinajstić information content (AvgIpc) is 2.88. The van der Waals surface area contributed by atoms with Gasteiger partial charge in [-0.2, -0.15) is 13.1 Å². The van der Waals surface area contributed by atoms with E-state index in [0.29, 0.717) is 37.4 Å². The molecule has 1 fully saturated rings. The second kappa shape index (κ2) is 10.6. The molecular formula is C25H28N4O4S. The molecule has 1 aliphatic rings. The van der Waals surface area contributed by atoms with Gasteiger partial charge in [0.2, 0.25) is 0 Å². The molecule has 1 amide bonds. The summed E-state index contributed by atoms with van der Waals surface area (Å²) in [6.07, 6.45) is 0. The molecule has 0 aromatic heterocycles. The molecule has 0 aliphatic carbocycles. The highest BCUT2D eigenvalue weighted by molar-refractivity contribution is 7.90. The smallest absolute Gasteiger partial charge is 0.299 e. The van der Waals surface area contributed by atoms with E-state index >= 15 is 0 Å². The summed E-state index contributed by atoms with van der Waals surface area (Å²) < 4.78 is 35.1. The number of carbonyl (C=O) groups excluding carboxylic acids is 1. The van der Waals surface area contributed by atoms with Gasteiger partial charge in [0.15, 0.2) is 0 Å². The van der Waals surface area contributed by atoms with Crippen molar-refractivity contribution in [1.82, 2.24) is 9.62 Å². The molecule has 178 valence electrons. The summed E-state index contributed by atoms with van der Waals surface area (Å²) in [5.74, 6) is 0.745. The molecule has 8 nitrogen and oxygen atoms in total. The summed E-state index contributed by atoms with van der Waals surface area (Å²) in [4.78, 5) is 17.0. The van der Waals surface area contributed by atoms with Crippen LogP contribution in [0.15, 0.2) is 78.9 Å². The number of amides is 1. The number of ether oxygens (including phenoxy) is 1. The second-order valence-corrected chi connectivity index (χ2v) is 9.44. The largest absolute Gasteiger partial charge is 0.495 e. The fraction of sp³-hybridized carbons (Fsp3) is 0.240. The molecule has 0 bridgehead atoms. The zero-order valence-electron chi connectivity index (χ0n) is 19.0. The Morgan fingerprint density at radius 1 is 0.882 bits per heavy atom. The number of anilines is 2. The molecule has 4 rings (SSSR count). The van der Waals surface area contributed by atoms with Gasteiger partial charge in [-0.1, -0.05) is 42.5 Å². The van der Waals surface area contributed by atoms with Crippen LogP contribution in [0.2, 0.25) is 0 Å². The van der Waals surface area contributed by atoms with Crippen molar-refractivity contribution >= 4 is 27.5 Å². The van der Waals surface area contributed by atoms with Gasteiger partial charge in [-0.05, 0) is 42.0 Å². The fourth-order valence-electron chi connectivity index (χ4n) is 3.87. The molecule has 2 N–H and O–H groups in total. The van der Waals surface area contributed by atoms with Gasteiger partial charge in [0.05, 0.1) is 12.8 Å². The Morgan fingerprint density at radius 3 is 2.21 bits per heavy atom. The Labute approximate surface area is 200 Å². The summed E-state index contributed by atoms with van der Waals surface area (Å²) in [5, 5.41) is 0. The number of rotatable bonds is 8. The number of hydrogen-bond acceptors (Lipinski definition) is 5. The highest BCUT2D eigenvalue weighted by Gasteiger charge is 2.23. The quantitative estimate of drug-likeness (QED) is 0.517. The zero-order chi connectivity index (χ0) is 24.0. The molecule has 1 aliphatic heterocycles. The topological polar surface area (TPSA) is 91.0 Å². The third-order valence-electron chi connectivity index (χ3n) is 5.69. The number of methoxy groups -OCH3 is 1. The normalized spacial score (nSPS) is 14.0. The molecule has 9 heteroatoms. The van der Waals surface area contributed by atoms with Crippen LogP contribution in [0.4, 0.5) is 11.4 Å². The van der Waals surface area contributed by atoms with Crippen LogP contribution in [-0.4, -0.2) is 52.5 Å². The molecular weight excluding hydrogens is 452 g/mol. The first-order valence-electron chi connectivity index (χ1n) is 11.0.